The molecule has 0 radical (unpaired) electrons. The van der Waals surface area contributed by atoms with Gasteiger partial charge in [-0.3, -0.25) is 0 Å². The van der Waals surface area contributed by atoms with Crippen LogP contribution in [0.25, 0.3) is 0 Å². The molecule has 0 heterocycles. The van der Waals surface area contributed by atoms with Crippen LogP contribution in [0.5, 0.6) is 11.5 Å². The molecule has 0 atom stereocenters. The van der Waals surface area contributed by atoms with E-state index in [1.807, 2.05) is 48.5 Å². The maximum atomic E-state index is 12.2. The SMILES string of the molecule is CC(=O)c1cccc([O][Zr]([O]c2cccc(C(C)=O)c2)([C]2=C(C(C)C)C=CC2)[C]2=C(C(C)C)C=CC2)c1. The van der Waals surface area contributed by atoms with Crippen LogP contribution in [0.3, 0.4) is 0 Å². The number of carbonyl (C=O) groups is 2. The number of ketones is 2. The summed E-state index contributed by atoms with van der Waals surface area (Å²) in [5, 5.41) is 0. The zero-order valence-corrected chi connectivity index (χ0v) is 25.1. The quantitative estimate of drug-likeness (QED) is 0.268. The third-order valence-electron chi connectivity index (χ3n) is 6.98. The van der Waals surface area contributed by atoms with Crippen LogP contribution < -0.4 is 5.63 Å². The second-order valence-corrected chi connectivity index (χ2v) is 17.4. The molecule has 37 heavy (non-hydrogen) atoms. The van der Waals surface area contributed by atoms with Crippen LogP contribution in [-0.4, -0.2) is 11.6 Å². The predicted molar refractivity (Wildman–Crippen MR) is 145 cm³/mol. The van der Waals surface area contributed by atoms with Gasteiger partial charge in [-0.15, -0.1) is 0 Å². The molecule has 0 aliphatic heterocycles. The fourth-order valence-corrected chi connectivity index (χ4v) is 15.2. The molecule has 4 nitrogen and oxygen atoms in total. The van der Waals surface area contributed by atoms with E-state index in [9.17, 15) is 9.59 Å². The summed E-state index contributed by atoms with van der Waals surface area (Å²) in [5.41, 5.74) is 3.76. The third kappa shape index (κ3) is 5.72. The fourth-order valence-electron chi connectivity index (χ4n) is 5.11. The summed E-state index contributed by atoms with van der Waals surface area (Å²) in [6.45, 7) is 12.0. The number of hydrogen-bond donors (Lipinski definition) is 0. The molecule has 4 rings (SSSR count). The first-order chi connectivity index (χ1) is 17.6. The topological polar surface area (TPSA) is 52.6 Å². The minimum absolute atomic E-state index is 0.00411. The van der Waals surface area contributed by atoms with Crippen LogP contribution in [0, 0.1) is 11.8 Å². The molecule has 5 heteroatoms. The van der Waals surface area contributed by atoms with E-state index >= 15 is 0 Å². The van der Waals surface area contributed by atoms with Gasteiger partial charge in [0.15, 0.2) is 0 Å². The Labute approximate surface area is 226 Å². The Morgan fingerprint density at radius 1 is 0.703 bits per heavy atom. The zero-order chi connectivity index (χ0) is 26.7. The van der Waals surface area contributed by atoms with Crippen LogP contribution in [0.15, 0.2) is 90.5 Å². The number of hydrogen-bond acceptors (Lipinski definition) is 4. The number of carbonyl (C=O) groups excluding carboxylic acids is 2. The molecule has 0 amide bonds. The van der Waals surface area contributed by atoms with Crippen molar-refractivity contribution in [3.8, 4) is 11.5 Å². The standard InChI is InChI=1S/2C8H8O2.2C8H11.Zr/c2*1-6(9)7-3-2-4-8(10)5-7;2*1-7(2)8-5-3-4-6-8;/h2*2-5,10H,1H3;2*3,5,7H,4H2,1-2H3;/q;;;;+2/p-2. The first-order valence-corrected chi connectivity index (χ1v) is 17.5. The van der Waals surface area contributed by atoms with Crippen molar-refractivity contribution in [2.75, 3.05) is 0 Å². The summed E-state index contributed by atoms with van der Waals surface area (Å²) >= 11 is -4.45. The van der Waals surface area contributed by atoms with Crippen LogP contribution in [0.2, 0.25) is 0 Å². The molecule has 2 aromatic carbocycles. The Hall–Kier alpha value is -2.78. The van der Waals surface area contributed by atoms with Gasteiger partial charge in [0.25, 0.3) is 0 Å². The summed E-state index contributed by atoms with van der Waals surface area (Å²) in [7, 11) is 0. The van der Waals surface area contributed by atoms with E-state index in [0.29, 0.717) is 34.5 Å². The molecule has 0 N–H and O–H groups in total. The second kappa shape index (κ2) is 11.3. The van der Waals surface area contributed by atoms with Gasteiger partial charge in [-0.2, -0.15) is 0 Å². The maximum absolute atomic E-state index is 12.2. The van der Waals surface area contributed by atoms with E-state index in [4.69, 9.17) is 5.63 Å². The van der Waals surface area contributed by atoms with Crippen molar-refractivity contribution >= 4 is 11.6 Å². The molecule has 2 aliphatic rings. The Balaban J connectivity index is 2.00. The number of benzene rings is 2. The van der Waals surface area contributed by atoms with E-state index < -0.39 is 21.1 Å². The summed E-state index contributed by atoms with van der Waals surface area (Å²) in [4.78, 5) is 24.4. The predicted octanol–water partition coefficient (Wildman–Crippen LogP) is 8.27. The van der Waals surface area contributed by atoms with Gasteiger partial charge in [0.1, 0.15) is 0 Å². The minimum atomic E-state index is -4.45. The van der Waals surface area contributed by atoms with Gasteiger partial charge in [0.05, 0.1) is 0 Å². The molecule has 2 aromatic rings. The Morgan fingerprint density at radius 2 is 1.11 bits per heavy atom. The average Bonchev–Trinajstić information content (AvgIpc) is 3.55. The van der Waals surface area contributed by atoms with Crippen molar-refractivity contribution < 1.29 is 36.4 Å². The second-order valence-electron chi connectivity index (χ2n) is 10.4. The van der Waals surface area contributed by atoms with Crippen LogP contribution >= 0.6 is 0 Å². The molecule has 192 valence electrons. The van der Waals surface area contributed by atoms with Crippen molar-refractivity contribution in [3.63, 3.8) is 0 Å². The van der Waals surface area contributed by atoms with Gasteiger partial charge in [0, 0.05) is 0 Å². The average molecular weight is 576 g/mol. The van der Waals surface area contributed by atoms with Gasteiger partial charge in [-0.05, 0) is 0 Å². The van der Waals surface area contributed by atoms with Gasteiger partial charge in [-0.25, -0.2) is 0 Å². The summed E-state index contributed by atoms with van der Waals surface area (Å²) in [5.74, 6) is 1.90. The van der Waals surface area contributed by atoms with Crippen LogP contribution in [0.1, 0.15) is 75.1 Å². The molecular weight excluding hydrogens is 540 g/mol. The number of allylic oxidation sites excluding steroid dienone is 8. The molecule has 0 saturated carbocycles. The Kier molecular flexibility index (Phi) is 8.34. The van der Waals surface area contributed by atoms with Crippen molar-refractivity contribution in [1.29, 1.82) is 0 Å². The van der Waals surface area contributed by atoms with Crippen molar-refractivity contribution in [3.05, 3.63) is 102 Å². The molecule has 0 unspecified atom stereocenters. The molecule has 0 spiro atoms. The summed E-state index contributed by atoms with van der Waals surface area (Å²) in [6.07, 6.45) is 10.4. The Morgan fingerprint density at radius 3 is 1.46 bits per heavy atom. The van der Waals surface area contributed by atoms with Gasteiger partial charge in [-0.1, -0.05) is 0 Å². The third-order valence-corrected chi connectivity index (χ3v) is 15.9. The van der Waals surface area contributed by atoms with Crippen LogP contribution in [0.4, 0.5) is 0 Å². The molecule has 0 bridgehead atoms. The fraction of sp³-hybridized carbons (Fsp3) is 0.312. The summed E-state index contributed by atoms with van der Waals surface area (Å²) < 4.78 is 16.9. The van der Waals surface area contributed by atoms with Gasteiger partial charge >= 0.3 is 227 Å². The van der Waals surface area contributed by atoms with E-state index in [1.54, 1.807) is 13.8 Å². The normalized spacial score (nSPS) is 15.4. The number of Topliss-reactive ketones (excluding diaryl/α,β-unsaturated/α-hetero) is 2. The van der Waals surface area contributed by atoms with E-state index in [-0.39, 0.29) is 11.6 Å². The molecular formula is C32H36O4Zr. The molecule has 2 aliphatic carbocycles. The first kappa shape index (κ1) is 27.3. The zero-order valence-electron chi connectivity index (χ0n) is 22.6. The first-order valence-electron chi connectivity index (χ1n) is 13.0. The van der Waals surface area contributed by atoms with E-state index in [2.05, 4.69) is 52.0 Å². The Bertz CT molecular complexity index is 1240. The molecule has 0 aromatic heterocycles. The molecule has 0 fully saturated rings. The monoisotopic (exact) mass is 574 g/mol. The van der Waals surface area contributed by atoms with Crippen molar-refractivity contribution in [2.45, 2.75) is 54.4 Å². The number of rotatable bonds is 10. The van der Waals surface area contributed by atoms with E-state index in [1.165, 1.54) is 17.7 Å². The van der Waals surface area contributed by atoms with Crippen molar-refractivity contribution in [2.24, 2.45) is 11.8 Å². The molecule has 0 saturated heterocycles. The van der Waals surface area contributed by atoms with E-state index in [0.717, 1.165) is 12.8 Å². The van der Waals surface area contributed by atoms with Gasteiger partial charge < -0.3 is 0 Å². The van der Waals surface area contributed by atoms with Crippen LogP contribution in [-0.2, 0) is 21.1 Å². The van der Waals surface area contributed by atoms with Crippen molar-refractivity contribution in [1.82, 2.24) is 0 Å². The summed E-state index contributed by atoms with van der Waals surface area (Å²) in [6, 6.07) is 14.9. The van der Waals surface area contributed by atoms with Gasteiger partial charge in [0.2, 0.25) is 0 Å².